The lowest BCUT2D eigenvalue weighted by atomic mass is 9.61. The van der Waals surface area contributed by atoms with Gasteiger partial charge in [-0.1, -0.05) is 157 Å². The number of benzene rings is 9. The molecular formula is C51H30O. The fraction of sp³-hybridized carbons (Fsp3) is 0.0196. The average molecular weight is 681 g/mol. The predicted molar refractivity (Wildman–Crippen MR) is 214 cm³/mol. The van der Waals surface area contributed by atoms with Crippen molar-refractivity contribution in [2.24, 2.45) is 0 Å². The molecule has 0 amide bonds. The number of ether oxygens (including phenoxy) is 1. The van der Waals surface area contributed by atoms with Crippen LogP contribution >= 0.6 is 0 Å². The van der Waals surface area contributed by atoms with Crippen LogP contribution in [0, 0.1) is 0 Å². The molecule has 1 nitrogen and oxygen atoms in total. The molecule has 0 N–H and O–H groups in total. The molecule has 240 valence electrons. The lowest BCUT2D eigenvalue weighted by Gasteiger charge is -2.40. The zero-order valence-electron chi connectivity index (χ0n) is 48.5. The van der Waals surface area contributed by atoms with Crippen LogP contribution in [0.25, 0.3) is 77.2 Å². The molecular weight excluding hydrogens is 629 g/mol. The van der Waals surface area contributed by atoms with Gasteiger partial charge in [0.25, 0.3) is 0 Å². The molecule has 1 heteroatoms. The quantitative estimate of drug-likeness (QED) is 0.177. The van der Waals surface area contributed by atoms with Gasteiger partial charge in [-0.3, -0.25) is 0 Å². The van der Waals surface area contributed by atoms with Crippen LogP contribution in [0.2, 0.25) is 0 Å². The molecule has 1 aliphatic heterocycles. The summed E-state index contributed by atoms with van der Waals surface area (Å²) in [4.78, 5) is 0. The Hall–Kier alpha value is -6.70. The van der Waals surface area contributed by atoms with Crippen LogP contribution in [0.5, 0.6) is 11.5 Å². The van der Waals surface area contributed by atoms with Crippen LogP contribution < -0.4 is 4.74 Å². The Balaban J connectivity index is 1.24. The molecule has 12 rings (SSSR count). The molecule has 2 aliphatic carbocycles. The van der Waals surface area contributed by atoms with Crippen molar-refractivity contribution in [1.29, 1.82) is 0 Å². The molecule has 9 aromatic carbocycles. The Bertz CT molecular complexity index is 4220. The zero-order valence-corrected chi connectivity index (χ0v) is 26.5. The van der Waals surface area contributed by atoms with Crippen molar-refractivity contribution in [2.45, 2.75) is 5.41 Å². The first-order valence-corrected chi connectivity index (χ1v) is 16.3. The molecule has 0 saturated heterocycles. The Labute approximate surface area is 333 Å². The third kappa shape index (κ3) is 3.52. The topological polar surface area (TPSA) is 9.23 Å². The summed E-state index contributed by atoms with van der Waals surface area (Å²) in [6.45, 7) is 0. The van der Waals surface area contributed by atoms with E-state index in [2.05, 4.69) is 0 Å². The van der Waals surface area contributed by atoms with Crippen LogP contribution in [0.3, 0.4) is 0 Å². The van der Waals surface area contributed by atoms with Gasteiger partial charge in [0.1, 0.15) is 11.5 Å². The van der Waals surface area contributed by atoms with Crippen molar-refractivity contribution in [3.8, 4) is 67.1 Å². The minimum Gasteiger partial charge on any atom is -0.456 e. The lowest BCUT2D eigenvalue weighted by molar-refractivity contribution is 0.487. The second-order valence-corrected chi connectivity index (χ2v) is 12.7. The number of hydrogen-bond acceptors (Lipinski definition) is 1. The molecule has 9 aromatic rings. The van der Waals surface area contributed by atoms with E-state index in [0.717, 1.165) is 0 Å². The van der Waals surface area contributed by atoms with E-state index in [4.69, 9.17) is 21.2 Å². The molecule has 1 atom stereocenters. The highest BCUT2D eigenvalue weighted by Gasteiger charge is 2.50. The van der Waals surface area contributed by atoms with Gasteiger partial charge >= 0.3 is 0 Å². The highest BCUT2D eigenvalue weighted by molar-refractivity contribution is 6.11. The Kier molecular flexibility index (Phi) is 2.84. The van der Waals surface area contributed by atoms with Crippen molar-refractivity contribution in [3.63, 3.8) is 0 Å². The standard InChI is InChI=1S/C51H30O/c1-2-11-31(12-3-1)35-26-28-48-50-39(35)18-10-19-41(50)42-29-33(24-27-47(42)52-48)34-23-25-38-36-15-4-6-20-43(36)51(46(38)30-34)44-21-7-5-16-37(44)40-17-8-13-32-14-9-22-45(51)49(32)40/h1-30H/i1D,2D,3D,4D,5D,6D,7D,8D,9D,11D,12D,13D,14D,15D,16D,17D,20D,21D,22D,23D,25D,30D. The van der Waals surface area contributed by atoms with Crippen LogP contribution in [0.15, 0.2) is 181 Å². The zero-order chi connectivity index (χ0) is 53.1. The van der Waals surface area contributed by atoms with Gasteiger partial charge in [-0.2, -0.15) is 0 Å². The molecule has 0 saturated carbocycles. The van der Waals surface area contributed by atoms with E-state index in [0.29, 0.717) is 39.0 Å². The van der Waals surface area contributed by atoms with E-state index in [1.165, 1.54) is 6.07 Å². The van der Waals surface area contributed by atoms with E-state index in [9.17, 15) is 13.7 Å². The number of rotatable bonds is 2. The molecule has 0 fully saturated rings. The van der Waals surface area contributed by atoms with Crippen molar-refractivity contribution >= 4 is 21.5 Å². The molecule has 52 heavy (non-hydrogen) atoms. The summed E-state index contributed by atoms with van der Waals surface area (Å²) in [6, 6.07) is -2.71. The minimum atomic E-state index is -2.70. The summed E-state index contributed by atoms with van der Waals surface area (Å²) >= 11 is 0. The van der Waals surface area contributed by atoms with Gasteiger partial charge in [-0.15, -0.1) is 0 Å². The highest BCUT2D eigenvalue weighted by Crippen LogP contribution is 2.62. The molecule has 0 radical (unpaired) electrons. The van der Waals surface area contributed by atoms with Gasteiger partial charge in [0, 0.05) is 10.9 Å². The molecule has 0 bridgehead atoms. The minimum absolute atomic E-state index is 0.0486. The lowest BCUT2D eigenvalue weighted by Crippen LogP contribution is -2.31. The maximum absolute atomic E-state index is 10.4. The second kappa shape index (κ2) is 10.2. The molecule has 1 unspecified atom stereocenters. The fourth-order valence-electron chi connectivity index (χ4n) is 8.16. The van der Waals surface area contributed by atoms with Crippen molar-refractivity contribution < 1.29 is 34.9 Å². The highest BCUT2D eigenvalue weighted by atomic mass is 16.5. The van der Waals surface area contributed by atoms with Crippen molar-refractivity contribution in [1.82, 2.24) is 0 Å². The molecule has 1 spiro atoms. The van der Waals surface area contributed by atoms with Gasteiger partial charge in [0.05, 0.1) is 35.6 Å². The van der Waals surface area contributed by atoms with E-state index >= 15 is 0 Å². The normalized spacial score (nSPS) is 21.5. The molecule has 1 heterocycles. The predicted octanol–water partition coefficient (Wildman–Crippen LogP) is 13.4. The summed E-state index contributed by atoms with van der Waals surface area (Å²) in [6.07, 6.45) is 0. The largest absolute Gasteiger partial charge is 0.456 e. The fourth-order valence-corrected chi connectivity index (χ4v) is 8.16. The van der Waals surface area contributed by atoms with E-state index in [1.54, 1.807) is 42.5 Å². The van der Waals surface area contributed by atoms with Gasteiger partial charge in [-0.25, -0.2) is 0 Å². The van der Waals surface area contributed by atoms with Crippen molar-refractivity contribution in [2.75, 3.05) is 0 Å². The first-order valence-electron chi connectivity index (χ1n) is 27.3. The Morgan fingerprint density at radius 3 is 1.94 bits per heavy atom. The Morgan fingerprint density at radius 1 is 0.404 bits per heavy atom. The third-order valence-corrected chi connectivity index (χ3v) is 10.2. The first-order chi connectivity index (χ1) is 34.9. The smallest absolute Gasteiger partial charge is 0.135 e. The maximum Gasteiger partial charge on any atom is 0.135 e. The summed E-state index contributed by atoms with van der Waals surface area (Å²) in [5, 5.41) is 0.0954. The summed E-state index contributed by atoms with van der Waals surface area (Å²) in [7, 11) is 0. The number of hydrogen-bond donors (Lipinski definition) is 0. The third-order valence-electron chi connectivity index (χ3n) is 10.2. The Morgan fingerprint density at radius 2 is 1.10 bits per heavy atom. The van der Waals surface area contributed by atoms with Gasteiger partial charge in [0.2, 0.25) is 0 Å². The summed E-state index contributed by atoms with van der Waals surface area (Å²) < 4.78 is 208. The van der Waals surface area contributed by atoms with Gasteiger partial charge in [-0.05, 0) is 113 Å². The van der Waals surface area contributed by atoms with E-state index in [1.807, 2.05) is 0 Å². The second-order valence-electron chi connectivity index (χ2n) is 12.7. The van der Waals surface area contributed by atoms with Crippen LogP contribution in [0.1, 0.15) is 52.4 Å². The maximum atomic E-state index is 10.4. The van der Waals surface area contributed by atoms with Crippen LogP contribution in [0.4, 0.5) is 0 Å². The first kappa shape index (κ1) is 14.5. The molecule has 0 aromatic heterocycles. The summed E-state index contributed by atoms with van der Waals surface area (Å²) in [5.74, 6) is 0.650. The van der Waals surface area contributed by atoms with Crippen molar-refractivity contribution in [3.05, 3.63) is 204 Å². The monoisotopic (exact) mass is 680 g/mol. The van der Waals surface area contributed by atoms with Crippen LogP contribution in [-0.2, 0) is 5.41 Å². The van der Waals surface area contributed by atoms with Gasteiger partial charge in [0.15, 0.2) is 0 Å². The number of fused-ring (bicyclic) bond motifs is 11. The summed E-state index contributed by atoms with van der Waals surface area (Å²) in [5.41, 5.74) is -5.43. The van der Waals surface area contributed by atoms with Crippen LogP contribution in [-0.4, -0.2) is 0 Å². The van der Waals surface area contributed by atoms with E-state index in [-0.39, 0.29) is 22.1 Å². The molecule has 3 aliphatic rings. The van der Waals surface area contributed by atoms with Gasteiger partial charge < -0.3 is 4.74 Å². The average Bonchev–Trinajstić information content (AvgIpc) is 3.81. The SMILES string of the molecule is [2H]c1c([2H])c([2H])c(-c2ccc3c4c(cccc24)-c2cc(-c4c([2H])c([2H])c5c(c4[2H])C4(c6c([2H])c([2H])c([2H])c([2H])c6-5)c5c([2H])c([2H])c([2H])c([2H])c5-c5c([2H])c([2H])c([2H])c6c([2H])c([2H])c([2H])c4c56)ccc2O3)c([2H])c1[2H]. The van der Waals surface area contributed by atoms with E-state index < -0.39 is 188 Å².